The van der Waals surface area contributed by atoms with Gasteiger partial charge >= 0.3 is 0 Å². The summed E-state index contributed by atoms with van der Waals surface area (Å²) in [4.78, 5) is 23.4. The van der Waals surface area contributed by atoms with Crippen LogP contribution in [0.5, 0.6) is 5.75 Å². The molecule has 2 aromatic rings. The molecule has 1 aromatic carbocycles. The van der Waals surface area contributed by atoms with Crippen molar-refractivity contribution < 1.29 is 14.3 Å². The standard InChI is InChI=1S/C18H24N4O3/c1-10-8-14(25-9-16(19)23)6-7-15(10)20-18(24)11(2)17-12(3)21-22(5)13(17)4/h6-8,11H,9H2,1-5H3,(H2,19,23)(H,20,24)/t11-/m0/s1. The summed E-state index contributed by atoms with van der Waals surface area (Å²) >= 11 is 0. The number of rotatable bonds is 6. The maximum absolute atomic E-state index is 12.6. The van der Waals surface area contributed by atoms with Crippen molar-refractivity contribution in [2.24, 2.45) is 12.8 Å². The molecule has 3 N–H and O–H groups in total. The van der Waals surface area contributed by atoms with Crippen LogP contribution < -0.4 is 15.8 Å². The fourth-order valence-corrected chi connectivity index (χ4v) is 2.81. The molecule has 0 fully saturated rings. The molecule has 1 aromatic heterocycles. The minimum absolute atomic E-state index is 0.104. The lowest BCUT2D eigenvalue weighted by atomic mass is 9.98. The summed E-state index contributed by atoms with van der Waals surface area (Å²) in [5, 5.41) is 7.31. The SMILES string of the molecule is Cc1cc(OCC(N)=O)ccc1NC(=O)[C@@H](C)c1c(C)nn(C)c1C. The van der Waals surface area contributed by atoms with Gasteiger partial charge in [-0.05, 0) is 51.5 Å². The van der Waals surface area contributed by atoms with E-state index in [-0.39, 0.29) is 18.4 Å². The summed E-state index contributed by atoms with van der Waals surface area (Å²) in [5.74, 6) is -0.431. The quantitative estimate of drug-likeness (QED) is 0.836. The first-order valence-electron chi connectivity index (χ1n) is 8.03. The van der Waals surface area contributed by atoms with Crippen LogP contribution in [-0.4, -0.2) is 28.2 Å². The maximum atomic E-state index is 12.6. The lowest BCUT2D eigenvalue weighted by molar-refractivity contribution is -0.120. The number of nitrogens with two attached hydrogens (primary N) is 1. The summed E-state index contributed by atoms with van der Waals surface area (Å²) in [5.41, 5.74) is 9.37. The second-order valence-electron chi connectivity index (χ2n) is 6.15. The Hall–Kier alpha value is -2.83. The second-order valence-corrected chi connectivity index (χ2v) is 6.15. The Morgan fingerprint density at radius 2 is 2.00 bits per heavy atom. The van der Waals surface area contributed by atoms with Gasteiger partial charge in [-0.1, -0.05) is 0 Å². The van der Waals surface area contributed by atoms with Crippen molar-refractivity contribution in [3.63, 3.8) is 0 Å². The zero-order valence-electron chi connectivity index (χ0n) is 15.2. The van der Waals surface area contributed by atoms with Crippen LogP contribution in [0, 0.1) is 20.8 Å². The van der Waals surface area contributed by atoms with Gasteiger partial charge in [-0.25, -0.2) is 0 Å². The van der Waals surface area contributed by atoms with Crippen molar-refractivity contribution in [3.05, 3.63) is 40.7 Å². The molecule has 7 heteroatoms. The molecule has 134 valence electrons. The summed E-state index contributed by atoms with van der Waals surface area (Å²) in [7, 11) is 1.87. The van der Waals surface area contributed by atoms with Crippen LogP contribution in [0.2, 0.25) is 0 Å². The Morgan fingerprint density at radius 1 is 1.32 bits per heavy atom. The van der Waals surface area contributed by atoms with Crippen LogP contribution in [0.3, 0.4) is 0 Å². The number of nitrogens with zero attached hydrogens (tertiary/aromatic N) is 2. The largest absolute Gasteiger partial charge is 0.484 e. The van der Waals surface area contributed by atoms with Crippen molar-refractivity contribution in [1.82, 2.24) is 9.78 Å². The second kappa shape index (κ2) is 7.38. The van der Waals surface area contributed by atoms with Gasteiger partial charge < -0.3 is 15.8 Å². The summed E-state index contributed by atoms with van der Waals surface area (Å²) in [6, 6.07) is 5.19. The molecule has 0 unspecified atom stereocenters. The van der Waals surface area contributed by atoms with Gasteiger partial charge in [0.05, 0.1) is 11.6 Å². The number of carbonyl (C=O) groups is 2. The molecule has 25 heavy (non-hydrogen) atoms. The van der Waals surface area contributed by atoms with Gasteiger partial charge in [-0.2, -0.15) is 5.10 Å². The highest BCUT2D eigenvalue weighted by molar-refractivity contribution is 5.96. The number of benzene rings is 1. The number of hydrogen-bond acceptors (Lipinski definition) is 4. The van der Waals surface area contributed by atoms with E-state index >= 15 is 0 Å². The number of primary amides is 1. The normalized spacial score (nSPS) is 11.9. The van der Waals surface area contributed by atoms with Gasteiger partial charge in [0.25, 0.3) is 5.91 Å². The highest BCUT2D eigenvalue weighted by atomic mass is 16.5. The predicted octanol–water partition coefficient (Wildman–Crippen LogP) is 1.95. The number of nitrogens with one attached hydrogen (secondary N) is 1. The fraction of sp³-hybridized carbons (Fsp3) is 0.389. The van der Waals surface area contributed by atoms with E-state index in [1.165, 1.54) is 0 Å². The maximum Gasteiger partial charge on any atom is 0.255 e. The van der Waals surface area contributed by atoms with E-state index in [1.54, 1.807) is 22.9 Å². The van der Waals surface area contributed by atoms with E-state index in [4.69, 9.17) is 10.5 Å². The summed E-state index contributed by atoms with van der Waals surface area (Å²) in [6.07, 6.45) is 0. The van der Waals surface area contributed by atoms with E-state index in [0.29, 0.717) is 11.4 Å². The van der Waals surface area contributed by atoms with Crippen LogP contribution in [0.4, 0.5) is 5.69 Å². The Kier molecular flexibility index (Phi) is 5.46. The van der Waals surface area contributed by atoms with Gasteiger partial charge in [-0.15, -0.1) is 0 Å². The van der Waals surface area contributed by atoms with Gasteiger partial charge in [0.1, 0.15) is 5.75 Å². The molecule has 1 atom stereocenters. The zero-order chi connectivity index (χ0) is 18.7. The number of aryl methyl sites for hydroxylation is 3. The molecule has 0 radical (unpaired) electrons. The summed E-state index contributed by atoms with van der Waals surface area (Å²) < 4.78 is 7.04. The molecule has 0 bridgehead atoms. The predicted molar refractivity (Wildman–Crippen MR) is 95.6 cm³/mol. The number of ether oxygens (including phenoxy) is 1. The highest BCUT2D eigenvalue weighted by Crippen LogP contribution is 2.26. The molecule has 0 spiro atoms. The van der Waals surface area contributed by atoms with E-state index in [2.05, 4.69) is 10.4 Å². The minimum atomic E-state index is -0.536. The van der Waals surface area contributed by atoms with Crippen LogP contribution in [0.25, 0.3) is 0 Å². The Labute approximate surface area is 147 Å². The average molecular weight is 344 g/mol. The van der Waals surface area contributed by atoms with E-state index in [1.807, 2.05) is 34.7 Å². The molecule has 0 aliphatic carbocycles. The molecule has 0 saturated carbocycles. The molecular weight excluding hydrogens is 320 g/mol. The van der Waals surface area contributed by atoms with Gasteiger partial charge in [-0.3, -0.25) is 14.3 Å². The van der Waals surface area contributed by atoms with E-state index in [0.717, 1.165) is 22.5 Å². The third kappa shape index (κ3) is 4.17. The molecule has 0 aliphatic rings. The van der Waals surface area contributed by atoms with Crippen molar-refractivity contribution in [3.8, 4) is 5.75 Å². The Bertz CT molecular complexity index is 811. The number of hydrogen-bond donors (Lipinski definition) is 2. The third-order valence-electron chi connectivity index (χ3n) is 4.23. The first-order valence-corrected chi connectivity index (χ1v) is 8.03. The minimum Gasteiger partial charge on any atom is -0.484 e. The fourth-order valence-electron chi connectivity index (χ4n) is 2.81. The lowest BCUT2D eigenvalue weighted by Gasteiger charge is -2.15. The van der Waals surface area contributed by atoms with E-state index in [9.17, 15) is 9.59 Å². The first kappa shape index (κ1) is 18.5. The molecule has 2 rings (SSSR count). The third-order valence-corrected chi connectivity index (χ3v) is 4.23. The highest BCUT2D eigenvalue weighted by Gasteiger charge is 2.23. The number of anilines is 1. The molecular formula is C18H24N4O3. The average Bonchev–Trinajstić information content (AvgIpc) is 2.79. The molecule has 2 amide bonds. The number of aromatic nitrogens is 2. The first-order chi connectivity index (χ1) is 11.7. The molecule has 0 aliphatic heterocycles. The molecule has 7 nitrogen and oxygen atoms in total. The smallest absolute Gasteiger partial charge is 0.255 e. The van der Waals surface area contributed by atoms with Gasteiger partial charge in [0.15, 0.2) is 6.61 Å². The monoisotopic (exact) mass is 344 g/mol. The van der Waals surface area contributed by atoms with Gasteiger partial charge in [0, 0.05) is 24.0 Å². The molecule has 1 heterocycles. The van der Waals surface area contributed by atoms with E-state index < -0.39 is 5.91 Å². The molecule has 0 saturated heterocycles. The lowest BCUT2D eigenvalue weighted by Crippen LogP contribution is -2.21. The van der Waals surface area contributed by atoms with Crippen molar-refractivity contribution >= 4 is 17.5 Å². The number of carbonyl (C=O) groups excluding carboxylic acids is 2. The van der Waals surface area contributed by atoms with Crippen molar-refractivity contribution in [1.29, 1.82) is 0 Å². The number of amides is 2. The Morgan fingerprint density at radius 3 is 2.52 bits per heavy atom. The van der Waals surface area contributed by atoms with Crippen molar-refractivity contribution in [2.45, 2.75) is 33.6 Å². The van der Waals surface area contributed by atoms with Crippen LogP contribution in [0.1, 0.15) is 35.4 Å². The topological polar surface area (TPSA) is 99.2 Å². The summed E-state index contributed by atoms with van der Waals surface area (Å²) in [6.45, 7) is 7.41. The van der Waals surface area contributed by atoms with Crippen LogP contribution in [-0.2, 0) is 16.6 Å². The zero-order valence-corrected chi connectivity index (χ0v) is 15.2. The Balaban J connectivity index is 2.13. The van der Waals surface area contributed by atoms with Crippen LogP contribution in [0.15, 0.2) is 18.2 Å². The van der Waals surface area contributed by atoms with Gasteiger partial charge in [0.2, 0.25) is 5.91 Å². The van der Waals surface area contributed by atoms with Crippen LogP contribution >= 0.6 is 0 Å². The van der Waals surface area contributed by atoms with Crippen molar-refractivity contribution in [2.75, 3.05) is 11.9 Å².